The number of hydrogen-bond donors (Lipinski definition) is 1. The molecule has 3 nitrogen and oxygen atoms in total. The van der Waals surface area contributed by atoms with E-state index in [-0.39, 0.29) is 30.0 Å². The fraction of sp³-hybridized carbons (Fsp3) is 0.750. The maximum absolute atomic E-state index is 10.9. The van der Waals surface area contributed by atoms with Crippen molar-refractivity contribution in [1.82, 2.24) is 0 Å². The summed E-state index contributed by atoms with van der Waals surface area (Å²) in [5, 5.41) is 9.32. The molecular formula is C12H20O3. The molecule has 0 bridgehead atoms. The number of aliphatic hydroxyl groups is 1. The molecular weight excluding hydrogens is 192 g/mol. The lowest BCUT2D eigenvalue weighted by Crippen LogP contribution is -2.37. The first kappa shape index (κ1) is 12.2. The Kier molecular flexibility index (Phi) is 3.55. The van der Waals surface area contributed by atoms with Crippen molar-refractivity contribution >= 4 is 5.97 Å². The van der Waals surface area contributed by atoms with Gasteiger partial charge in [0, 0.05) is 12.8 Å². The van der Waals surface area contributed by atoms with Gasteiger partial charge in [-0.3, -0.25) is 4.79 Å². The zero-order chi connectivity index (χ0) is 11.6. The minimum atomic E-state index is -0.248. The fourth-order valence-corrected chi connectivity index (χ4v) is 2.43. The maximum Gasteiger partial charge on any atom is 0.303 e. The normalized spacial score (nSPS) is 29.5. The van der Waals surface area contributed by atoms with Gasteiger partial charge in [-0.25, -0.2) is 0 Å². The van der Waals surface area contributed by atoms with Crippen molar-refractivity contribution in [2.75, 3.05) is 6.61 Å². The summed E-state index contributed by atoms with van der Waals surface area (Å²) in [6.07, 6.45) is 2.59. The highest BCUT2D eigenvalue weighted by Gasteiger charge is 2.37. The summed E-state index contributed by atoms with van der Waals surface area (Å²) < 4.78 is 5.19. The first-order chi connectivity index (χ1) is 6.86. The molecule has 0 saturated heterocycles. The molecule has 1 aliphatic carbocycles. The number of aliphatic hydroxyl groups excluding tert-OH is 1. The van der Waals surface area contributed by atoms with Gasteiger partial charge in [0.15, 0.2) is 0 Å². The van der Waals surface area contributed by atoms with E-state index in [1.807, 2.05) is 13.0 Å². The summed E-state index contributed by atoms with van der Waals surface area (Å²) in [4.78, 5) is 10.9. The van der Waals surface area contributed by atoms with Crippen molar-refractivity contribution in [3.05, 3.63) is 11.6 Å². The molecule has 0 aromatic rings. The molecule has 86 valence electrons. The Morgan fingerprint density at radius 3 is 2.67 bits per heavy atom. The molecule has 0 unspecified atom stereocenters. The van der Waals surface area contributed by atoms with Crippen LogP contribution in [-0.2, 0) is 9.53 Å². The third kappa shape index (κ3) is 2.81. The predicted octanol–water partition coefficient (Wildman–Crippen LogP) is 1.90. The number of rotatable bonds is 2. The minimum Gasteiger partial charge on any atom is -0.458 e. The Hall–Kier alpha value is -0.830. The summed E-state index contributed by atoms with van der Waals surface area (Å²) in [5.41, 5.74) is 1.09. The molecule has 1 rings (SSSR count). The predicted molar refractivity (Wildman–Crippen MR) is 58.3 cm³/mol. The van der Waals surface area contributed by atoms with Crippen molar-refractivity contribution in [3.63, 3.8) is 0 Å². The van der Waals surface area contributed by atoms with E-state index in [9.17, 15) is 9.90 Å². The van der Waals surface area contributed by atoms with Gasteiger partial charge in [0.25, 0.3) is 0 Å². The van der Waals surface area contributed by atoms with Crippen molar-refractivity contribution in [2.24, 2.45) is 11.3 Å². The molecule has 15 heavy (non-hydrogen) atoms. The minimum absolute atomic E-state index is 0.0201. The number of carbonyl (C=O) groups excluding carboxylic acids is 1. The number of carbonyl (C=O) groups is 1. The number of hydrogen-bond acceptors (Lipinski definition) is 3. The average Bonchev–Trinajstić information content (AvgIpc) is 1.99. The van der Waals surface area contributed by atoms with Gasteiger partial charge in [-0.05, 0) is 24.8 Å². The van der Waals surface area contributed by atoms with Crippen molar-refractivity contribution < 1.29 is 14.6 Å². The summed E-state index contributed by atoms with van der Waals surface area (Å²) in [6.45, 7) is 7.76. The zero-order valence-electron chi connectivity index (χ0n) is 9.91. The SMILES string of the molecule is CC(=O)O[C@H]1C=C(C)[C@@H](CO)C(C)(C)C1. The molecule has 0 fully saturated rings. The highest BCUT2D eigenvalue weighted by molar-refractivity contribution is 5.66. The van der Waals surface area contributed by atoms with Gasteiger partial charge in [-0.2, -0.15) is 0 Å². The zero-order valence-corrected chi connectivity index (χ0v) is 9.91. The second kappa shape index (κ2) is 4.35. The first-order valence-corrected chi connectivity index (χ1v) is 5.33. The number of ether oxygens (including phenoxy) is 1. The van der Waals surface area contributed by atoms with E-state index in [0.29, 0.717) is 0 Å². The molecule has 2 atom stereocenters. The Morgan fingerprint density at radius 2 is 2.27 bits per heavy atom. The molecule has 0 aromatic carbocycles. The lowest BCUT2D eigenvalue weighted by atomic mass is 9.68. The lowest BCUT2D eigenvalue weighted by molar-refractivity contribution is -0.146. The second-order valence-electron chi connectivity index (χ2n) is 4.99. The Morgan fingerprint density at radius 1 is 1.67 bits per heavy atom. The van der Waals surface area contributed by atoms with Gasteiger partial charge in [-0.1, -0.05) is 19.4 Å². The maximum atomic E-state index is 10.9. The molecule has 3 heteroatoms. The lowest BCUT2D eigenvalue weighted by Gasteiger charge is -2.40. The molecule has 0 amide bonds. The second-order valence-corrected chi connectivity index (χ2v) is 4.99. The molecule has 0 aliphatic heterocycles. The van der Waals surface area contributed by atoms with Crippen LogP contribution in [0.4, 0.5) is 0 Å². The molecule has 1 aliphatic rings. The summed E-state index contributed by atoms with van der Waals surface area (Å²) in [5.74, 6) is -0.0772. The van der Waals surface area contributed by atoms with Crippen LogP contribution in [0.5, 0.6) is 0 Å². The van der Waals surface area contributed by atoms with E-state index < -0.39 is 0 Å². The molecule has 0 heterocycles. The van der Waals surface area contributed by atoms with E-state index in [2.05, 4.69) is 13.8 Å². The quantitative estimate of drug-likeness (QED) is 0.561. The smallest absolute Gasteiger partial charge is 0.303 e. The van der Waals surface area contributed by atoms with Gasteiger partial charge in [0.1, 0.15) is 6.10 Å². The van der Waals surface area contributed by atoms with Crippen molar-refractivity contribution in [2.45, 2.75) is 40.2 Å². The summed E-state index contributed by atoms with van der Waals surface area (Å²) >= 11 is 0. The average molecular weight is 212 g/mol. The topological polar surface area (TPSA) is 46.5 Å². The number of esters is 1. The van der Waals surface area contributed by atoms with Gasteiger partial charge in [0.05, 0.1) is 6.61 Å². The Balaban J connectivity index is 2.84. The Labute approximate surface area is 91.1 Å². The van der Waals surface area contributed by atoms with Gasteiger partial charge in [-0.15, -0.1) is 0 Å². The van der Waals surface area contributed by atoms with Crippen LogP contribution < -0.4 is 0 Å². The van der Waals surface area contributed by atoms with Crippen LogP contribution in [-0.4, -0.2) is 23.8 Å². The van der Waals surface area contributed by atoms with Gasteiger partial charge < -0.3 is 9.84 Å². The summed E-state index contributed by atoms with van der Waals surface area (Å²) in [7, 11) is 0. The van der Waals surface area contributed by atoms with Crippen LogP contribution >= 0.6 is 0 Å². The van der Waals surface area contributed by atoms with Crippen molar-refractivity contribution in [3.8, 4) is 0 Å². The van der Waals surface area contributed by atoms with Crippen LogP contribution in [0.15, 0.2) is 11.6 Å². The van der Waals surface area contributed by atoms with Crippen LogP contribution in [0.25, 0.3) is 0 Å². The highest BCUT2D eigenvalue weighted by Crippen LogP contribution is 2.41. The van der Waals surface area contributed by atoms with Gasteiger partial charge in [0.2, 0.25) is 0 Å². The van der Waals surface area contributed by atoms with Crippen LogP contribution in [0.3, 0.4) is 0 Å². The van der Waals surface area contributed by atoms with E-state index in [1.54, 1.807) is 0 Å². The van der Waals surface area contributed by atoms with Gasteiger partial charge >= 0.3 is 5.97 Å². The van der Waals surface area contributed by atoms with E-state index in [1.165, 1.54) is 6.92 Å². The standard InChI is InChI=1S/C12H20O3/c1-8-5-10(15-9(2)14)6-12(3,4)11(8)7-13/h5,10-11,13H,6-7H2,1-4H3/t10-,11+/m0/s1. The third-order valence-corrected chi connectivity index (χ3v) is 3.17. The third-order valence-electron chi connectivity index (χ3n) is 3.17. The van der Waals surface area contributed by atoms with Crippen LogP contribution in [0.1, 0.15) is 34.1 Å². The molecule has 0 radical (unpaired) electrons. The molecule has 0 saturated carbocycles. The van der Waals surface area contributed by atoms with E-state index in [0.717, 1.165) is 12.0 Å². The van der Waals surface area contributed by atoms with E-state index in [4.69, 9.17) is 4.74 Å². The summed E-state index contributed by atoms with van der Waals surface area (Å²) in [6, 6.07) is 0. The van der Waals surface area contributed by atoms with Crippen molar-refractivity contribution in [1.29, 1.82) is 0 Å². The molecule has 0 aromatic heterocycles. The van der Waals surface area contributed by atoms with E-state index >= 15 is 0 Å². The first-order valence-electron chi connectivity index (χ1n) is 5.33. The fourth-order valence-electron chi connectivity index (χ4n) is 2.43. The largest absolute Gasteiger partial charge is 0.458 e. The van der Waals surface area contributed by atoms with Crippen LogP contribution in [0.2, 0.25) is 0 Å². The monoisotopic (exact) mass is 212 g/mol. The molecule has 0 spiro atoms. The highest BCUT2D eigenvalue weighted by atomic mass is 16.5. The Bertz CT molecular complexity index is 279. The molecule has 1 N–H and O–H groups in total. The van der Waals surface area contributed by atoms with Crippen LogP contribution in [0, 0.1) is 11.3 Å².